The fourth-order valence-electron chi connectivity index (χ4n) is 5.12. The molecule has 1 aromatic rings. The van der Waals surface area contributed by atoms with Crippen molar-refractivity contribution in [1.82, 2.24) is 10.2 Å². The molecular weight excluding hydrogens is 364 g/mol. The SMILES string of the molecule is O=C(CN1C(=O)[C@@H]2[C@H](C1=O)[C@H]1C=C[C@H]2C1)NCC1(c2cccc(Cl)c2)CC1. The van der Waals surface area contributed by atoms with Crippen LogP contribution < -0.4 is 5.32 Å². The Kier molecular flexibility index (Phi) is 3.73. The summed E-state index contributed by atoms with van der Waals surface area (Å²) in [5.41, 5.74) is 1.06. The largest absolute Gasteiger partial charge is 0.354 e. The van der Waals surface area contributed by atoms with Crippen molar-refractivity contribution < 1.29 is 14.4 Å². The van der Waals surface area contributed by atoms with Gasteiger partial charge in [-0.25, -0.2) is 0 Å². The van der Waals surface area contributed by atoms with Gasteiger partial charge in [0.25, 0.3) is 0 Å². The summed E-state index contributed by atoms with van der Waals surface area (Å²) in [5, 5.41) is 3.62. The fourth-order valence-corrected chi connectivity index (χ4v) is 5.31. The van der Waals surface area contributed by atoms with E-state index in [1.165, 1.54) is 4.90 Å². The molecule has 1 heterocycles. The molecule has 2 bridgehead atoms. The summed E-state index contributed by atoms with van der Waals surface area (Å²) in [4.78, 5) is 39.0. The van der Waals surface area contributed by atoms with E-state index in [4.69, 9.17) is 11.6 Å². The number of imide groups is 1. The molecule has 27 heavy (non-hydrogen) atoms. The van der Waals surface area contributed by atoms with Crippen LogP contribution in [0.4, 0.5) is 0 Å². The number of allylic oxidation sites excluding steroid dienone is 2. The summed E-state index contributed by atoms with van der Waals surface area (Å²) < 4.78 is 0. The highest BCUT2D eigenvalue weighted by Gasteiger charge is 2.59. The monoisotopic (exact) mass is 384 g/mol. The Morgan fingerprint density at radius 3 is 2.41 bits per heavy atom. The third-order valence-corrected chi connectivity index (χ3v) is 7.01. The first kappa shape index (κ1) is 17.0. The summed E-state index contributed by atoms with van der Waals surface area (Å²) in [7, 11) is 0. The number of fused-ring (bicyclic) bond motifs is 5. The molecule has 3 fully saturated rings. The molecule has 2 saturated carbocycles. The van der Waals surface area contributed by atoms with Crippen molar-refractivity contribution in [2.75, 3.05) is 13.1 Å². The Balaban J connectivity index is 1.22. The first-order valence-corrected chi connectivity index (χ1v) is 9.93. The molecule has 6 heteroatoms. The molecule has 0 radical (unpaired) electrons. The molecule has 1 N–H and O–H groups in total. The summed E-state index contributed by atoms with van der Waals surface area (Å²) in [6, 6.07) is 7.73. The maximum Gasteiger partial charge on any atom is 0.240 e. The van der Waals surface area contributed by atoms with E-state index in [-0.39, 0.29) is 53.4 Å². The highest BCUT2D eigenvalue weighted by molar-refractivity contribution is 6.30. The van der Waals surface area contributed by atoms with E-state index in [1.807, 2.05) is 24.3 Å². The van der Waals surface area contributed by atoms with Gasteiger partial charge in [-0.05, 0) is 48.8 Å². The topological polar surface area (TPSA) is 66.5 Å². The Bertz CT molecular complexity index is 846. The second-order valence-corrected chi connectivity index (χ2v) is 8.77. The van der Waals surface area contributed by atoms with Gasteiger partial charge in [-0.2, -0.15) is 0 Å². The highest BCUT2D eigenvalue weighted by Crippen LogP contribution is 2.52. The van der Waals surface area contributed by atoms with Crippen molar-refractivity contribution in [2.24, 2.45) is 23.7 Å². The van der Waals surface area contributed by atoms with Gasteiger partial charge >= 0.3 is 0 Å². The van der Waals surface area contributed by atoms with Gasteiger partial charge in [-0.3, -0.25) is 19.3 Å². The number of nitrogens with one attached hydrogen (secondary N) is 1. The van der Waals surface area contributed by atoms with Crippen LogP contribution in [-0.2, 0) is 19.8 Å². The number of amides is 3. The molecule has 0 unspecified atom stereocenters. The lowest BCUT2D eigenvalue weighted by Crippen LogP contribution is -2.43. The minimum Gasteiger partial charge on any atom is -0.354 e. The number of hydrogen-bond acceptors (Lipinski definition) is 3. The van der Waals surface area contributed by atoms with E-state index < -0.39 is 0 Å². The third kappa shape index (κ3) is 2.63. The van der Waals surface area contributed by atoms with Crippen molar-refractivity contribution in [1.29, 1.82) is 0 Å². The van der Waals surface area contributed by atoms with Gasteiger partial charge in [0, 0.05) is 17.0 Å². The van der Waals surface area contributed by atoms with Crippen molar-refractivity contribution in [3.8, 4) is 0 Å². The fraction of sp³-hybridized carbons (Fsp3) is 0.476. The molecule has 4 atom stereocenters. The zero-order valence-corrected chi connectivity index (χ0v) is 15.6. The summed E-state index contributed by atoms with van der Waals surface area (Å²) in [6.07, 6.45) is 7.00. The molecule has 0 aromatic heterocycles. The molecule has 5 rings (SSSR count). The number of carbonyl (C=O) groups is 3. The van der Waals surface area contributed by atoms with Gasteiger partial charge in [0.1, 0.15) is 6.54 Å². The first-order valence-electron chi connectivity index (χ1n) is 9.55. The van der Waals surface area contributed by atoms with Gasteiger partial charge < -0.3 is 5.32 Å². The maximum atomic E-state index is 12.7. The lowest BCUT2D eigenvalue weighted by atomic mass is 9.85. The van der Waals surface area contributed by atoms with E-state index in [2.05, 4.69) is 17.5 Å². The predicted octanol–water partition coefficient (Wildman–Crippen LogP) is 2.29. The number of benzene rings is 1. The van der Waals surface area contributed by atoms with Crippen LogP contribution in [0.1, 0.15) is 24.8 Å². The van der Waals surface area contributed by atoms with Gasteiger partial charge in [-0.1, -0.05) is 35.9 Å². The third-order valence-electron chi connectivity index (χ3n) is 6.78. The standard InChI is InChI=1S/C21H21ClN2O3/c22-15-3-1-2-14(9-15)21(6-7-21)11-23-16(25)10-24-19(26)17-12-4-5-13(8-12)18(17)20(24)27/h1-5,9,12-13,17-18H,6-8,10-11H2,(H,23,25)/t12-,13-,17-,18+/m0/s1. The van der Waals surface area contributed by atoms with Gasteiger partial charge in [0.15, 0.2) is 0 Å². The van der Waals surface area contributed by atoms with Crippen LogP contribution in [0.5, 0.6) is 0 Å². The van der Waals surface area contributed by atoms with Crippen LogP contribution >= 0.6 is 11.6 Å². The number of hydrogen-bond donors (Lipinski definition) is 1. The molecular formula is C21H21ClN2O3. The van der Waals surface area contributed by atoms with Crippen molar-refractivity contribution >= 4 is 29.3 Å². The van der Waals surface area contributed by atoms with Gasteiger partial charge in [0.2, 0.25) is 17.7 Å². The zero-order chi connectivity index (χ0) is 18.8. The molecule has 5 nitrogen and oxygen atoms in total. The van der Waals surface area contributed by atoms with E-state index in [0.29, 0.717) is 11.6 Å². The van der Waals surface area contributed by atoms with Crippen LogP contribution in [0.15, 0.2) is 36.4 Å². The van der Waals surface area contributed by atoms with Crippen molar-refractivity contribution in [3.63, 3.8) is 0 Å². The Morgan fingerprint density at radius 2 is 1.81 bits per heavy atom. The van der Waals surface area contributed by atoms with Crippen LogP contribution in [0.25, 0.3) is 0 Å². The van der Waals surface area contributed by atoms with Crippen molar-refractivity contribution in [3.05, 3.63) is 47.0 Å². The molecule has 3 amide bonds. The van der Waals surface area contributed by atoms with Gasteiger partial charge in [-0.15, -0.1) is 0 Å². The maximum absolute atomic E-state index is 12.7. The summed E-state index contributed by atoms with van der Waals surface area (Å²) in [6.45, 7) is 0.331. The van der Waals surface area contributed by atoms with Crippen LogP contribution in [0.2, 0.25) is 5.02 Å². The van der Waals surface area contributed by atoms with E-state index in [9.17, 15) is 14.4 Å². The Hall–Kier alpha value is -2.14. The molecule has 1 saturated heterocycles. The molecule has 3 aliphatic carbocycles. The average molecular weight is 385 g/mol. The number of likely N-dealkylation sites (tertiary alicyclic amines) is 1. The Labute approximate surface area is 162 Å². The van der Waals surface area contributed by atoms with Crippen molar-refractivity contribution in [2.45, 2.75) is 24.7 Å². The zero-order valence-electron chi connectivity index (χ0n) is 14.9. The smallest absolute Gasteiger partial charge is 0.240 e. The van der Waals surface area contributed by atoms with E-state index in [1.54, 1.807) is 0 Å². The normalized spacial score (nSPS) is 32.1. The lowest BCUT2D eigenvalue weighted by Gasteiger charge is -2.20. The van der Waals surface area contributed by atoms with Crippen LogP contribution in [0.3, 0.4) is 0 Å². The number of nitrogens with zero attached hydrogens (tertiary/aromatic N) is 1. The quantitative estimate of drug-likeness (QED) is 0.625. The number of halogens is 1. The second kappa shape index (κ2) is 5.93. The molecule has 1 aliphatic heterocycles. The van der Waals surface area contributed by atoms with E-state index >= 15 is 0 Å². The number of rotatable bonds is 5. The second-order valence-electron chi connectivity index (χ2n) is 8.33. The summed E-state index contributed by atoms with van der Waals surface area (Å²) >= 11 is 6.09. The first-order chi connectivity index (χ1) is 13.0. The Morgan fingerprint density at radius 1 is 1.15 bits per heavy atom. The van der Waals surface area contributed by atoms with Gasteiger partial charge in [0.05, 0.1) is 11.8 Å². The summed E-state index contributed by atoms with van der Waals surface area (Å²) in [5.74, 6) is -0.779. The molecule has 4 aliphatic rings. The molecule has 1 aromatic carbocycles. The van der Waals surface area contributed by atoms with E-state index in [0.717, 1.165) is 24.8 Å². The predicted molar refractivity (Wildman–Crippen MR) is 99.8 cm³/mol. The molecule has 0 spiro atoms. The van der Waals surface area contributed by atoms with Crippen LogP contribution in [-0.4, -0.2) is 35.7 Å². The highest BCUT2D eigenvalue weighted by atomic mass is 35.5. The lowest BCUT2D eigenvalue weighted by molar-refractivity contribution is -0.144. The molecule has 140 valence electrons. The number of carbonyl (C=O) groups excluding carboxylic acids is 3. The minimum absolute atomic E-state index is 0.0703. The van der Waals surface area contributed by atoms with Crippen LogP contribution in [0, 0.1) is 23.7 Å². The average Bonchev–Trinajstić information content (AvgIpc) is 3.06. The minimum atomic E-state index is -0.273.